The van der Waals surface area contributed by atoms with Crippen LogP contribution < -0.4 is 0 Å². The molecule has 0 unspecified atom stereocenters. The molecule has 0 saturated heterocycles. The van der Waals surface area contributed by atoms with E-state index in [1.165, 1.54) is 0 Å². The lowest BCUT2D eigenvalue weighted by Gasteiger charge is -2.14. The average Bonchev–Trinajstić information content (AvgIpc) is 3.34. The minimum Gasteiger partial charge on any atom is -0.340 e. The van der Waals surface area contributed by atoms with Crippen LogP contribution in [0, 0.1) is 6.92 Å². The zero-order valence-corrected chi connectivity index (χ0v) is 18.5. The number of hydrogen-bond acceptors (Lipinski definition) is 4. The number of nitrogens with zero attached hydrogens (tertiary/aromatic N) is 6. The molecule has 0 spiro atoms. The van der Waals surface area contributed by atoms with Gasteiger partial charge in [-0.1, -0.05) is 43.1 Å². The fraction of sp³-hybridized carbons (Fsp3) is 0.250. The third-order valence-electron chi connectivity index (χ3n) is 5.61. The van der Waals surface area contributed by atoms with Crippen LogP contribution in [0.1, 0.15) is 48.6 Å². The van der Waals surface area contributed by atoms with Gasteiger partial charge in [-0.05, 0) is 37.6 Å². The highest BCUT2D eigenvalue weighted by molar-refractivity contribution is 6.30. The predicted molar refractivity (Wildman–Crippen MR) is 123 cm³/mol. The SMILES string of the molecule is CCC[C@@H]1N=C(c2ccc(Cl)cc2)c2cc(-c3cn(C)cn3)ccc2-n2c(C)nnc21. The molecule has 3 heterocycles. The fourth-order valence-corrected chi connectivity index (χ4v) is 4.25. The number of aliphatic imine (C=N–C) groups is 1. The van der Waals surface area contributed by atoms with Crippen molar-refractivity contribution >= 4 is 17.3 Å². The van der Waals surface area contributed by atoms with Gasteiger partial charge >= 0.3 is 0 Å². The molecule has 1 aliphatic heterocycles. The molecule has 2 aromatic carbocycles. The van der Waals surface area contributed by atoms with Gasteiger partial charge in [-0.25, -0.2) is 4.98 Å². The Morgan fingerprint density at radius 3 is 2.52 bits per heavy atom. The van der Waals surface area contributed by atoms with Crippen LogP contribution in [0.5, 0.6) is 0 Å². The Morgan fingerprint density at radius 1 is 1.03 bits per heavy atom. The molecule has 1 aliphatic rings. The van der Waals surface area contributed by atoms with Crippen LogP contribution in [0.3, 0.4) is 0 Å². The van der Waals surface area contributed by atoms with Crippen LogP contribution >= 0.6 is 11.6 Å². The largest absolute Gasteiger partial charge is 0.340 e. The summed E-state index contributed by atoms with van der Waals surface area (Å²) < 4.78 is 4.10. The maximum Gasteiger partial charge on any atom is 0.162 e. The zero-order chi connectivity index (χ0) is 21.5. The minimum absolute atomic E-state index is 0.0671. The van der Waals surface area contributed by atoms with Gasteiger partial charge < -0.3 is 4.57 Å². The van der Waals surface area contributed by atoms with E-state index >= 15 is 0 Å². The van der Waals surface area contributed by atoms with Crippen molar-refractivity contribution in [2.75, 3.05) is 0 Å². The molecule has 0 saturated carbocycles. The van der Waals surface area contributed by atoms with Crippen molar-refractivity contribution in [1.29, 1.82) is 0 Å². The van der Waals surface area contributed by atoms with E-state index in [4.69, 9.17) is 16.6 Å². The molecule has 0 fully saturated rings. The summed E-state index contributed by atoms with van der Waals surface area (Å²) in [5.41, 5.74) is 6.00. The highest BCUT2D eigenvalue weighted by Gasteiger charge is 2.28. The van der Waals surface area contributed by atoms with E-state index in [0.717, 1.165) is 58.3 Å². The lowest BCUT2D eigenvalue weighted by atomic mass is 9.97. The third-order valence-corrected chi connectivity index (χ3v) is 5.86. The number of hydrogen-bond donors (Lipinski definition) is 0. The first kappa shape index (κ1) is 19.7. The van der Waals surface area contributed by atoms with E-state index in [0.29, 0.717) is 5.02 Å². The first-order valence-corrected chi connectivity index (χ1v) is 10.8. The number of halogens is 1. The normalized spacial score (nSPS) is 15.2. The van der Waals surface area contributed by atoms with E-state index in [-0.39, 0.29) is 6.04 Å². The van der Waals surface area contributed by atoms with Gasteiger partial charge in [0.15, 0.2) is 5.82 Å². The monoisotopic (exact) mass is 430 g/mol. The van der Waals surface area contributed by atoms with Crippen molar-refractivity contribution in [3.63, 3.8) is 0 Å². The fourth-order valence-electron chi connectivity index (χ4n) is 4.12. The lowest BCUT2D eigenvalue weighted by Crippen LogP contribution is -2.08. The summed E-state index contributed by atoms with van der Waals surface area (Å²) in [5, 5.41) is 9.59. The minimum atomic E-state index is -0.0671. The number of benzene rings is 2. The molecule has 7 heteroatoms. The molecule has 0 bridgehead atoms. The Balaban J connectivity index is 1.78. The molecule has 0 N–H and O–H groups in total. The van der Waals surface area contributed by atoms with Crippen molar-refractivity contribution in [2.45, 2.75) is 32.7 Å². The Hall–Kier alpha value is -3.25. The molecular weight excluding hydrogens is 408 g/mol. The van der Waals surface area contributed by atoms with Crippen LogP contribution in [-0.4, -0.2) is 30.0 Å². The zero-order valence-electron chi connectivity index (χ0n) is 17.7. The van der Waals surface area contributed by atoms with Gasteiger partial charge in [0.05, 0.1) is 23.4 Å². The second-order valence-electron chi connectivity index (χ2n) is 7.89. The summed E-state index contributed by atoms with van der Waals surface area (Å²) in [6.07, 6.45) is 5.74. The van der Waals surface area contributed by atoms with Crippen molar-refractivity contribution in [3.05, 3.63) is 82.8 Å². The summed E-state index contributed by atoms with van der Waals surface area (Å²) >= 11 is 6.17. The number of imidazole rings is 1. The summed E-state index contributed by atoms with van der Waals surface area (Å²) in [6.45, 7) is 4.16. The molecule has 6 nitrogen and oxygen atoms in total. The van der Waals surface area contributed by atoms with Crippen molar-refractivity contribution in [1.82, 2.24) is 24.3 Å². The highest BCUT2D eigenvalue weighted by atomic mass is 35.5. The second-order valence-corrected chi connectivity index (χ2v) is 8.32. The topological polar surface area (TPSA) is 60.9 Å². The maximum atomic E-state index is 6.17. The molecule has 0 radical (unpaired) electrons. The van der Waals surface area contributed by atoms with Crippen LogP contribution in [0.4, 0.5) is 0 Å². The average molecular weight is 431 g/mol. The number of rotatable bonds is 4. The highest BCUT2D eigenvalue weighted by Crippen LogP contribution is 2.35. The summed E-state index contributed by atoms with van der Waals surface area (Å²) in [4.78, 5) is 9.76. The Morgan fingerprint density at radius 2 is 1.81 bits per heavy atom. The molecule has 31 heavy (non-hydrogen) atoms. The number of aromatic nitrogens is 5. The van der Waals surface area contributed by atoms with Gasteiger partial charge in [0.25, 0.3) is 0 Å². The molecule has 2 aromatic heterocycles. The van der Waals surface area contributed by atoms with Crippen molar-refractivity contribution in [2.24, 2.45) is 12.0 Å². The van der Waals surface area contributed by atoms with Gasteiger partial charge in [0.1, 0.15) is 11.9 Å². The quantitative estimate of drug-likeness (QED) is 0.440. The summed E-state index contributed by atoms with van der Waals surface area (Å²) in [5.74, 6) is 1.74. The van der Waals surface area contributed by atoms with Gasteiger partial charge in [-0.15, -0.1) is 10.2 Å². The van der Waals surface area contributed by atoms with E-state index in [2.05, 4.69) is 44.9 Å². The summed E-state index contributed by atoms with van der Waals surface area (Å²) in [6, 6.07) is 14.2. The second kappa shape index (κ2) is 7.78. The lowest BCUT2D eigenvalue weighted by molar-refractivity contribution is 0.596. The molecule has 4 aromatic rings. The van der Waals surface area contributed by atoms with E-state index < -0.39 is 0 Å². The molecule has 156 valence electrons. The predicted octanol–water partition coefficient (Wildman–Crippen LogP) is 5.32. The van der Waals surface area contributed by atoms with E-state index in [9.17, 15) is 0 Å². The molecule has 5 rings (SSSR count). The van der Waals surface area contributed by atoms with Crippen molar-refractivity contribution < 1.29 is 0 Å². The first-order chi connectivity index (χ1) is 15.0. The van der Waals surface area contributed by atoms with Crippen molar-refractivity contribution in [3.8, 4) is 16.9 Å². The van der Waals surface area contributed by atoms with Gasteiger partial charge in [0, 0.05) is 35.0 Å². The van der Waals surface area contributed by atoms with E-state index in [1.807, 2.05) is 55.3 Å². The Labute approximate surface area is 186 Å². The molecule has 1 atom stereocenters. The standard InChI is InChI=1S/C24H23ClN6/c1-4-5-20-24-29-28-15(2)31(24)22-11-8-17(21-13-30(3)14-26-21)12-19(22)23(27-20)16-6-9-18(25)10-7-16/h6-14,20H,4-5H2,1-3H3/t20-/m0/s1. The Bertz CT molecular complexity index is 1280. The van der Waals surface area contributed by atoms with Crippen LogP contribution in [0.2, 0.25) is 5.02 Å². The van der Waals surface area contributed by atoms with Crippen LogP contribution in [-0.2, 0) is 7.05 Å². The van der Waals surface area contributed by atoms with E-state index in [1.54, 1.807) is 0 Å². The number of aryl methyl sites for hydroxylation is 2. The van der Waals surface area contributed by atoms with Crippen LogP contribution in [0.25, 0.3) is 16.9 Å². The first-order valence-electron chi connectivity index (χ1n) is 10.4. The maximum absolute atomic E-state index is 6.17. The van der Waals surface area contributed by atoms with Gasteiger partial charge in [-0.2, -0.15) is 0 Å². The molecule has 0 aliphatic carbocycles. The van der Waals surface area contributed by atoms with Gasteiger partial charge in [0.2, 0.25) is 0 Å². The van der Waals surface area contributed by atoms with Gasteiger partial charge in [-0.3, -0.25) is 9.56 Å². The number of fused-ring (bicyclic) bond motifs is 3. The Kier molecular flexibility index (Phi) is 4.94. The summed E-state index contributed by atoms with van der Waals surface area (Å²) in [7, 11) is 1.97. The van der Waals surface area contributed by atoms with Crippen LogP contribution in [0.15, 0.2) is 60.0 Å². The third kappa shape index (κ3) is 3.47. The molecular formula is C24H23ClN6. The molecule has 0 amide bonds. The smallest absolute Gasteiger partial charge is 0.162 e.